The number of nitrogens with zero attached hydrogens (tertiary/aromatic N) is 2. The Bertz CT molecular complexity index is 363. The minimum Gasteiger partial charge on any atom is -0.324 e. The summed E-state index contributed by atoms with van der Waals surface area (Å²) in [5, 5.41) is 0. The molecule has 0 bridgehead atoms. The van der Waals surface area contributed by atoms with E-state index in [1.807, 2.05) is 0 Å². The van der Waals surface area contributed by atoms with Crippen LogP contribution in [0.2, 0.25) is 0 Å². The molecule has 0 spiro atoms. The highest BCUT2D eigenvalue weighted by Crippen LogP contribution is 2.20. The minimum atomic E-state index is 1.35. The Kier molecular flexibility index (Phi) is 22.3. The number of rotatable bonds is 26. The van der Waals surface area contributed by atoms with Gasteiger partial charge in [-0.25, -0.2) is 0 Å². The van der Waals surface area contributed by atoms with Crippen LogP contribution in [0, 0.1) is 0 Å². The molecule has 0 N–H and O–H groups in total. The Balaban J connectivity index is 4.77. The summed E-state index contributed by atoms with van der Waals surface area (Å²) in [5.41, 5.74) is 0. The van der Waals surface area contributed by atoms with Crippen LogP contribution < -0.4 is 0 Å². The van der Waals surface area contributed by atoms with E-state index in [2.05, 4.69) is 41.5 Å². The summed E-state index contributed by atoms with van der Waals surface area (Å²) in [6.45, 7) is 25.7. The van der Waals surface area contributed by atoms with Gasteiger partial charge in [-0.1, -0.05) is 80.1 Å². The number of unbranched alkanes of at least 4 members (excludes halogenated alkanes) is 10. The van der Waals surface area contributed by atoms with Crippen LogP contribution in [-0.2, 0) is 0 Å². The fourth-order valence-corrected chi connectivity index (χ4v) is 5.75. The molecule has 0 fully saturated rings. The van der Waals surface area contributed by atoms with Gasteiger partial charge in [-0.05, 0) is 70.6 Å². The fraction of sp³-hybridized carbons (Fsp3) is 1.00. The van der Waals surface area contributed by atoms with Gasteiger partial charge in [-0.3, -0.25) is 0 Å². The van der Waals surface area contributed by atoms with Gasteiger partial charge in [0.2, 0.25) is 0 Å². The van der Waals surface area contributed by atoms with Gasteiger partial charge in [0.25, 0.3) is 0 Å². The van der Waals surface area contributed by atoms with Crippen molar-refractivity contribution in [2.24, 2.45) is 0 Å². The lowest BCUT2D eigenvalue weighted by molar-refractivity contribution is -0.929. The SMILES string of the molecule is CCCCC[N+](CCCC)(CCCC)CCCCCC[N+](CCCC)(CCCC)CCCC. The zero-order chi connectivity index (χ0) is 24.7. The second-order valence-corrected chi connectivity index (χ2v) is 11.4. The van der Waals surface area contributed by atoms with Crippen molar-refractivity contribution in [3.63, 3.8) is 0 Å². The Morgan fingerprint density at radius 3 is 0.697 bits per heavy atom. The van der Waals surface area contributed by atoms with Crippen LogP contribution in [0.4, 0.5) is 0 Å². The first-order valence-electron chi connectivity index (χ1n) is 15.8. The van der Waals surface area contributed by atoms with E-state index in [0.29, 0.717) is 0 Å². The molecule has 0 aliphatic rings. The second kappa shape index (κ2) is 22.4. The van der Waals surface area contributed by atoms with Crippen molar-refractivity contribution >= 4 is 0 Å². The molecule has 200 valence electrons. The van der Waals surface area contributed by atoms with Crippen LogP contribution in [0.25, 0.3) is 0 Å². The maximum atomic E-state index is 2.38. The van der Waals surface area contributed by atoms with E-state index < -0.39 is 0 Å². The number of hydrogen-bond acceptors (Lipinski definition) is 0. The fourth-order valence-electron chi connectivity index (χ4n) is 5.75. The monoisotopic (exact) mass is 469 g/mol. The Morgan fingerprint density at radius 2 is 0.455 bits per heavy atom. The highest BCUT2D eigenvalue weighted by molar-refractivity contribution is 4.54. The first-order chi connectivity index (χ1) is 16.1. The second-order valence-electron chi connectivity index (χ2n) is 11.4. The van der Waals surface area contributed by atoms with Crippen LogP contribution in [0.3, 0.4) is 0 Å². The summed E-state index contributed by atoms with van der Waals surface area (Å²) in [4.78, 5) is 0. The van der Waals surface area contributed by atoms with Gasteiger partial charge in [-0.2, -0.15) is 0 Å². The topological polar surface area (TPSA) is 0 Å². The predicted octanol–water partition coefficient (Wildman–Crippen LogP) is 9.37. The first-order valence-corrected chi connectivity index (χ1v) is 15.8. The molecule has 0 aromatic rings. The van der Waals surface area contributed by atoms with Gasteiger partial charge >= 0.3 is 0 Å². The van der Waals surface area contributed by atoms with Crippen molar-refractivity contribution < 1.29 is 8.97 Å². The summed E-state index contributed by atoms with van der Waals surface area (Å²) >= 11 is 0. The molecular weight excluding hydrogens is 400 g/mol. The molecule has 0 aromatic heterocycles. The van der Waals surface area contributed by atoms with E-state index >= 15 is 0 Å². The molecule has 0 amide bonds. The number of hydrogen-bond donors (Lipinski definition) is 0. The summed E-state index contributed by atoms with van der Waals surface area (Å²) in [5.74, 6) is 0. The Hall–Kier alpha value is -0.0800. The largest absolute Gasteiger partial charge is 0.324 e. The average Bonchev–Trinajstić information content (AvgIpc) is 2.84. The molecular formula is C31H68N2+2. The van der Waals surface area contributed by atoms with Gasteiger partial charge in [0.05, 0.1) is 52.4 Å². The summed E-state index contributed by atoms with van der Waals surface area (Å²) < 4.78 is 2.87. The van der Waals surface area contributed by atoms with E-state index in [9.17, 15) is 0 Å². The van der Waals surface area contributed by atoms with E-state index in [4.69, 9.17) is 0 Å². The lowest BCUT2D eigenvalue weighted by Gasteiger charge is -2.40. The Labute approximate surface area is 212 Å². The average molecular weight is 469 g/mol. The molecule has 0 saturated heterocycles. The van der Waals surface area contributed by atoms with Crippen LogP contribution >= 0.6 is 0 Å². The van der Waals surface area contributed by atoms with Crippen molar-refractivity contribution in [2.75, 3.05) is 52.4 Å². The predicted molar refractivity (Wildman–Crippen MR) is 152 cm³/mol. The molecule has 0 radical (unpaired) electrons. The zero-order valence-corrected chi connectivity index (χ0v) is 24.6. The third-order valence-electron chi connectivity index (χ3n) is 8.18. The molecule has 0 aromatic carbocycles. The molecule has 0 saturated carbocycles. The van der Waals surface area contributed by atoms with Crippen LogP contribution in [0.15, 0.2) is 0 Å². The molecule has 2 heteroatoms. The molecule has 33 heavy (non-hydrogen) atoms. The van der Waals surface area contributed by atoms with Crippen LogP contribution in [0.1, 0.15) is 151 Å². The number of quaternary nitrogens is 2. The van der Waals surface area contributed by atoms with Crippen molar-refractivity contribution in [1.82, 2.24) is 0 Å². The molecule has 0 aliphatic carbocycles. The lowest BCUT2D eigenvalue weighted by atomic mass is 10.1. The van der Waals surface area contributed by atoms with Gasteiger partial charge in [0, 0.05) is 0 Å². The van der Waals surface area contributed by atoms with Crippen molar-refractivity contribution in [1.29, 1.82) is 0 Å². The first kappa shape index (κ1) is 32.9. The molecule has 0 aliphatic heterocycles. The molecule has 0 atom stereocenters. The van der Waals surface area contributed by atoms with Gasteiger partial charge in [-0.15, -0.1) is 0 Å². The van der Waals surface area contributed by atoms with E-state index in [1.54, 1.807) is 0 Å². The van der Waals surface area contributed by atoms with E-state index in [-0.39, 0.29) is 0 Å². The lowest BCUT2D eigenvalue weighted by Crippen LogP contribution is -2.51. The van der Waals surface area contributed by atoms with E-state index in [0.717, 1.165) is 0 Å². The summed E-state index contributed by atoms with van der Waals surface area (Å²) in [6.07, 6.45) is 23.9. The minimum absolute atomic E-state index is 1.35. The summed E-state index contributed by atoms with van der Waals surface area (Å²) in [6, 6.07) is 0. The zero-order valence-electron chi connectivity index (χ0n) is 24.6. The summed E-state index contributed by atoms with van der Waals surface area (Å²) in [7, 11) is 0. The molecule has 0 heterocycles. The van der Waals surface area contributed by atoms with Crippen LogP contribution in [-0.4, -0.2) is 61.3 Å². The molecule has 2 nitrogen and oxygen atoms in total. The van der Waals surface area contributed by atoms with Crippen molar-refractivity contribution in [3.8, 4) is 0 Å². The third-order valence-corrected chi connectivity index (χ3v) is 8.18. The van der Waals surface area contributed by atoms with Gasteiger partial charge < -0.3 is 8.97 Å². The standard InChI is InChI=1S/C31H68N2/c1-7-13-21-29-33(27-17-11-5,28-18-12-6)31-23-20-19-22-30-32(24-14-8-2,25-15-9-3)26-16-10-4/h7-31H2,1-6H3/q+2. The normalized spacial score (nSPS) is 12.5. The third kappa shape index (κ3) is 16.3. The quantitative estimate of drug-likeness (QED) is 0.0875. The van der Waals surface area contributed by atoms with Gasteiger partial charge in [0.15, 0.2) is 0 Å². The highest BCUT2D eigenvalue weighted by atomic mass is 15.4. The van der Waals surface area contributed by atoms with E-state index in [1.165, 1.54) is 170 Å². The highest BCUT2D eigenvalue weighted by Gasteiger charge is 2.27. The molecule has 0 rings (SSSR count). The van der Waals surface area contributed by atoms with Gasteiger partial charge in [0.1, 0.15) is 0 Å². The Morgan fingerprint density at radius 1 is 0.242 bits per heavy atom. The van der Waals surface area contributed by atoms with Crippen molar-refractivity contribution in [3.05, 3.63) is 0 Å². The van der Waals surface area contributed by atoms with Crippen LogP contribution in [0.5, 0.6) is 0 Å². The molecule has 0 unspecified atom stereocenters. The smallest absolute Gasteiger partial charge is 0.0786 e. The van der Waals surface area contributed by atoms with Crippen molar-refractivity contribution in [2.45, 2.75) is 151 Å². The maximum Gasteiger partial charge on any atom is 0.0786 e. The maximum absolute atomic E-state index is 2.38.